The molecule has 9 heteroatoms. The van der Waals surface area contributed by atoms with E-state index >= 15 is 0 Å². The van der Waals surface area contributed by atoms with E-state index in [1.165, 1.54) is 6.07 Å². The van der Waals surface area contributed by atoms with E-state index in [-0.39, 0.29) is 24.4 Å². The Bertz CT molecular complexity index is 867. The highest BCUT2D eigenvalue weighted by molar-refractivity contribution is 6.33. The second-order valence-electron chi connectivity index (χ2n) is 6.87. The third-order valence-electron chi connectivity index (χ3n) is 4.65. The van der Waals surface area contributed by atoms with Crippen LogP contribution >= 0.6 is 35.6 Å². The molecule has 0 aromatic heterocycles. The molecule has 0 bridgehead atoms. The van der Waals surface area contributed by atoms with E-state index < -0.39 is 0 Å². The van der Waals surface area contributed by atoms with E-state index in [4.69, 9.17) is 38.4 Å². The number of amides is 1. The minimum absolute atomic E-state index is 0. The van der Waals surface area contributed by atoms with Gasteiger partial charge in [-0.15, -0.1) is 12.4 Å². The first-order valence-electron chi connectivity index (χ1n) is 9.54. The maximum atomic E-state index is 12.7. The van der Waals surface area contributed by atoms with Gasteiger partial charge in [-0.05, 0) is 30.7 Å². The molecule has 1 aliphatic rings. The molecule has 1 saturated heterocycles. The van der Waals surface area contributed by atoms with Crippen molar-refractivity contribution in [2.24, 2.45) is 0 Å². The van der Waals surface area contributed by atoms with Gasteiger partial charge in [0.25, 0.3) is 5.91 Å². The SMILES string of the molecule is CCOc1cc(N)c(Cl)cc1C(=O)NCC1CN(Cc2cccc(Cl)c2)CCO1.Cl. The molecule has 0 aliphatic carbocycles. The topological polar surface area (TPSA) is 76.8 Å². The van der Waals surface area contributed by atoms with Crippen LogP contribution in [0.5, 0.6) is 5.75 Å². The van der Waals surface area contributed by atoms with Crippen molar-refractivity contribution in [3.05, 3.63) is 57.6 Å². The van der Waals surface area contributed by atoms with E-state index in [1.54, 1.807) is 6.07 Å². The van der Waals surface area contributed by atoms with Gasteiger partial charge in [-0.25, -0.2) is 0 Å². The first kappa shape index (κ1) is 24.6. The molecule has 1 unspecified atom stereocenters. The van der Waals surface area contributed by atoms with E-state index in [2.05, 4.69) is 16.3 Å². The number of nitrogens with zero attached hydrogens (tertiary/aromatic N) is 1. The summed E-state index contributed by atoms with van der Waals surface area (Å²) in [6.07, 6.45) is -0.105. The molecule has 2 aromatic carbocycles. The summed E-state index contributed by atoms with van der Waals surface area (Å²) in [6.45, 7) is 5.60. The smallest absolute Gasteiger partial charge is 0.255 e. The molecule has 30 heavy (non-hydrogen) atoms. The lowest BCUT2D eigenvalue weighted by Gasteiger charge is -2.33. The average molecular weight is 475 g/mol. The number of nitrogens with two attached hydrogens (primary N) is 1. The van der Waals surface area contributed by atoms with Crippen LogP contribution in [0.15, 0.2) is 36.4 Å². The number of anilines is 1. The Kier molecular flexibility index (Phi) is 9.52. The van der Waals surface area contributed by atoms with Crippen LogP contribution in [0.3, 0.4) is 0 Å². The van der Waals surface area contributed by atoms with Gasteiger partial charge in [0.2, 0.25) is 0 Å². The van der Waals surface area contributed by atoms with Gasteiger partial charge in [0.1, 0.15) is 5.75 Å². The van der Waals surface area contributed by atoms with E-state index in [0.29, 0.717) is 48.3 Å². The summed E-state index contributed by atoms with van der Waals surface area (Å²) in [5, 5.41) is 3.96. The molecular formula is C21H26Cl3N3O3. The van der Waals surface area contributed by atoms with Crippen LogP contribution in [0, 0.1) is 0 Å². The third-order valence-corrected chi connectivity index (χ3v) is 5.21. The Morgan fingerprint density at radius 1 is 1.33 bits per heavy atom. The number of ether oxygens (including phenoxy) is 2. The highest BCUT2D eigenvalue weighted by Crippen LogP contribution is 2.29. The van der Waals surface area contributed by atoms with Gasteiger partial charge in [0.05, 0.1) is 35.6 Å². The van der Waals surface area contributed by atoms with Crippen molar-refractivity contribution < 1.29 is 14.3 Å². The quantitative estimate of drug-likeness (QED) is 0.593. The minimum Gasteiger partial charge on any atom is -0.493 e. The molecule has 0 saturated carbocycles. The molecule has 1 atom stereocenters. The Morgan fingerprint density at radius 2 is 2.13 bits per heavy atom. The van der Waals surface area contributed by atoms with Gasteiger partial charge < -0.3 is 20.5 Å². The number of nitrogens with one attached hydrogen (secondary N) is 1. The summed E-state index contributed by atoms with van der Waals surface area (Å²) in [5.41, 5.74) is 7.71. The Hall–Kier alpha value is -1.70. The maximum absolute atomic E-state index is 12.7. The van der Waals surface area contributed by atoms with Crippen molar-refractivity contribution in [2.45, 2.75) is 19.6 Å². The second kappa shape index (κ2) is 11.6. The largest absolute Gasteiger partial charge is 0.493 e. The van der Waals surface area contributed by atoms with Crippen LogP contribution in [0.4, 0.5) is 5.69 Å². The first-order chi connectivity index (χ1) is 14.0. The molecule has 164 valence electrons. The number of hydrogen-bond donors (Lipinski definition) is 2. The van der Waals surface area contributed by atoms with Crippen LogP contribution in [-0.2, 0) is 11.3 Å². The van der Waals surface area contributed by atoms with E-state index in [1.807, 2.05) is 25.1 Å². The zero-order chi connectivity index (χ0) is 20.8. The molecule has 1 heterocycles. The molecule has 6 nitrogen and oxygen atoms in total. The lowest BCUT2D eigenvalue weighted by molar-refractivity contribution is -0.0292. The number of halogens is 3. The van der Waals surface area contributed by atoms with Gasteiger partial charge in [-0.1, -0.05) is 35.3 Å². The Morgan fingerprint density at radius 3 is 2.87 bits per heavy atom. The molecule has 1 fully saturated rings. The number of hydrogen-bond acceptors (Lipinski definition) is 5. The van der Waals surface area contributed by atoms with Crippen molar-refractivity contribution in [1.82, 2.24) is 10.2 Å². The van der Waals surface area contributed by atoms with Crippen molar-refractivity contribution in [3.8, 4) is 5.75 Å². The van der Waals surface area contributed by atoms with Gasteiger partial charge in [0.15, 0.2) is 0 Å². The zero-order valence-corrected chi connectivity index (χ0v) is 19.0. The molecular weight excluding hydrogens is 449 g/mol. The lowest BCUT2D eigenvalue weighted by atomic mass is 10.1. The number of morpholine rings is 1. The summed E-state index contributed by atoms with van der Waals surface area (Å²) < 4.78 is 11.3. The maximum Gasteiger partial charge on any atom is 0.255 e. The fourth-order valence-corrected chi connectivity index (χ4v) is 3.64. The van der Waals surface area contributed by atoms with E-state index in [9.17, 15) is 4.79 Å². The molecule has 3 rings (SSSR count). The van der Waals surface area contributed by atoms with Crippen LogP contribution < -0.4 is 15.8 Å². The number of benzene rings is 2. The van der Waals surface area contributed by atoms with E-state index in [0.717, 1.165) is 23.7 Å². The summed E-state index contributed by atoms with van der Waals surface area (Å²) in [6, 6.07) is 10.9. The Balaban J connectivity index is 0.00000320. The van der Waals surface area contributed by atoms with Gasteiger partial charge >= 0.3 is 0 Å². The number of carbonyl (C=O) groups excluding carboxylic acids is 1. The average Bonchev–Trinajstić information content (AvgIpc) is 2.69. The highest BCUT2D eigenvalue weighted by Gasteiger charge is 2.22. The number of rotatable bonds is 7. The van der Waals surface area contributed by atoms with Gasteiger partial charge in [-0.3, -0.25) is 9.69 Å². The van der Waals surface area contributed by atoms with Crippen LogP contribution in [-0.4, -0.2) is 49.8 Å². The third kappa shape index (κ3) is 6.65. The predicted octanol–water partition coefficient (Wildman–Crippen LogP) is 4.03. The standard InChI is InChI=1S/C21H25Cl2N3O3.ClH/c1-2-28-20-10-19(24)18(23)9-17(20)21(27)25-11-16-13-26(6-7-29-16)12-14-4-3-5-15(22)8-14;/h3-5,8-10,16H,2,6-7,11-13,24H2,1H3,(H,25,27);1H. The number of nitrogen functional groups attached to an aromatic ring is 1. The molecule has 1 amide bonds. The monoisotopic (exact) mass is 473 g/mol. The van der Waals surface area contributed by atoms with Crippen molar-refractivity contribution >= 4 is 47.2 Å². The second-order valence-corrected chi connectivity index (χ2v) is 7.71. The summed E-state index contributed by atoms with van der Waals surface area (Å²) in [5.74, 6) is 0.143. The van der Waals surface area contributed by atoms with Crippen LogP contribution in [0.25, 0.3) is 0 Å². The molecule has 0 radical (unpaired) electrons. The molecule has 1 aliphatic heterocycles. The first-order valence-corrected chi connectivity index (χ1v) is 10.3. The summed E-state index contributed by atoms with van der Waals surface area (Å²) in [4.78, 5) is 15.0. The fourth-order valence-electron chi connectivity index (χ4n) is 3.26. The van der Waals surface area contributed by atoms with Crippen LogP contribution in [0.2, 0.25) is 10.0 Å². The minimum atomic E-state index is -0.272. The molecule has 2 aromatic rings. The number of carbonyl (C=O) groups is 1. The fraction of sp³-hybridized carbons (Fsp3) is 0.381. The zero-order valence-electron chi connectivity index (χ0n) is 16.7. The summed E-state index contributed by atoms with van der Waals surface area (Å²) in [7, 11) is 0. The van der Waals surface area contributed by atoms with Crippen molar-refractivity contribution in [2.75, 3.05) is 38.6 Å². The Labute approximate surface area is 193 Å². The van der Waals surface area contributed by atoms with Crippen LogP contribution in [0.1, 0.15) is 22.8 Å². The lowest BCUT2D eigenvalue weighted by Crippen LogP contribution is -2.47. The highest BCUT2D eigenvalue weighted by atomic mass is 35.5. The van der Waals surface area contributed by atoms with Crippen molar-refractivity contribution in [3.63, 3.8) is 0 Å². The summed E-state index contributed by atoms with van der Waals surface area (Å²) >= 11 is 12.2. The molecule has 0 spiro atoms. The molecule has 3 N–H and O–H groups in total. The van der Waals surface area contributed by atoms with Crippen molar-refractivity contribution in [1.29, 1.82) is 0 Å². The predicted molar refractivity (Wildman–Crippen MR) is 123 cm³/mol. The normalized spacial score (nSPS) is 16.6. The van der Waals surface area contributed by atoms with Gasteiger partial charge in [0, 0.05) is 37.3 Å². The van der Waals surface area contributed by atoms with Gasteiger partial charge in [-0.2, -0.15) is 0 Å².